The minimum atomic E-state index is -0.493. The Labute approximate surface area is 102 Å². The lowest BCUT2D eigenvalue weighted by Crippen LogP contribution is -2.46. The average molecular weight is 236 g/mol. The van der Waals surface area contributed by atoms with E-state index in [0.29, 0.717) is 0 Å². The molecule has 0 spiro atoms. The summed E-state index contributed by atoms with van der Waals surface area (Å²) in [5.41, 5.74) is 0.883. The van der Waals surface area contributed by atoms with Crippen molar-refractivity contribution in [3.8, 4) is 0 Å². The number of aliphatic hydroxyl groups is 1. The highest BCUT2D eigenvalue weighted by Gasteiger charge is 2.25. The van der Waals surface area contributed by atoms with Crippen LogP contribution >= 0.6 is 0 Å². The minimum absolute atomic E-state index is 0.197. The number of hydrogen-bond donors (Lipinski definition) is 1. The van der Waals surface area contributed by atoms with Crippen LogP contribution in [0.5, 0.6) is 0 Å². The lowest BCUT2D eigenvalue weighted by Gasteiger charge is -2.37. The predicted octanol–water partition coefficient (Wildman–Crippen LogP) is 1.75. The number of ether oxygens (including phenoxy) is 1. The van der Waals surface area contributed by atoms with Gasteiger partial charge in [0.1, 0.15) is 5.82 Å². The Hall–Kier alpha value is -1.13. The van der Waals surface area contributed by atoms with Crippen molar-refractivity contribution >= 4 is 5.82 Å². The topological polar surface area (TPSA) is 45.6 Å². The maximum atomic E-state index is 9.77. The highest BCUT2D eigenvalue weighted by molar-refractivity contribution is 5.48. The van der Waals surface area contributed by atoms with Gasteiger partial charge in [0.2, 0.25) is 0 Å². The molecule has 3 atom stereocenters. The predicted molar refractivity (Wildman–Crippen MR) is 67.1 cm³/mol. The molecule has 4 nitrogen and oxygen atoms in total. The second kappa shape index (κ2) is 5.02. The first kappa shape index (κ1) is 12.3. The molecule has 1 aliphatic rings. The van der Waals surface area contributed by atoms with Crippen molar-refractivity contribution in [3.05, 3.63) is 23.9 Å². The fraction of sp³-hybridized carbons (Fsp3) is 0.615. The second-order valence-corrected chi connectivity index (χ2v) is 4.75. The Morgan fingerprint density at radius 3 is 2.65 bits per heavy atom. The second-order valence-electron chi connectivity index (χ2n) is 4.75. The minimum Gasteiger partial charge on any atom is -0.389 e. The van der Waals surface area contributed by atoms with Gasteiger partial charge in [0.05, 0.1) is 18.3 Å². The van der Waals surface area contributed by atoms with Gasteiger partial charge in [0.25, 0.3) is 0 Å². The number of rotatable bonds is 2. The van der Waals surface area contributed by atoms with Crippen LogP contribution in [0.3, 0.4) is 0 Å². The van der Waals surface area contributed by atoms with Gasteiger partial charge in [-0.15, -0.1) is 0 Å². The van der Waals surface area contributed by atoms with Crippen LogP contribution in [0.4, 0.5) is 5.82 Å². The highest BCUT2D eigenvalue weighted by atomic mass is 16.5. The van der Waals surface area contributed by atoms with Gasteiger partial charge in [0.15, 0.2) is 0 Å². The molecule has 0 amide bonds. The first-order valence-electron chi connectivity index (χ1n) is 6.11. The van der Waals surface area contributed by atoms with Crippen molar-refractivity contribution in [1.82, 2.24) is 4.98 Å². The summed E-state index contributed by atoms with van der Waals surface area (Å²) in [6.45, 7) is 7.54. The molecule has 1 aliphatic heterocycles. The molecule has 1 saturated heterocycles. The van der Waals surface area contributed by atoms with E-state index in [1.807, 2.05) is 12.1 Å². The van der Waals surface area contributed by atoms with Gasteiger partial charge in [-0.3, -0.25) is 0 Å². The third-order valence-corrected chi connectivity index (χ3v) is 2.99. The fourth-order valence-electron chi connectivity index (χ4n) is 2.35. The van der Waals surface area contributed by atoms with Crippen LogP contribution in [0.2, 0.25) is 0 Å². The molecule has 0 aromatic carbocycles. The molecule has 1 fully saturated rings. The van der Waals surface area contributed by atoms with Crippen molar-refractivity contribution in [3.63, 3.8) is 0 Å². The summed E-state index contributed by atoms with van der Waals surface area (Å²) in [5, 5.41) is 9.77. The monoisotopic (exact) mass is 236 g/mol. The first-order valence-corrected chi connectivity index (χ1v) is 6.11. The quantitative estimate of drug-likeness (QED) is 0.849. The van der Waals surface area contributed by atoms with Crippen LogP contribution in [0, 0.1) is 0 Å². The van der Waals surface area contributed by atoms with E-state index in [1.165, 1.54) is 0 Å². The molecule has 94 valence electrons. The van der Waals surface area contributed by atoms with Crippen molar-refractivity contribution in [2.45, 2.75) is 39.1 Å². The molecule has 3 unspecified atom stereocenters. The summed E-state index contributed by atoms with van der Waals surface area (Å²) in [4.78, 5) is 6.60. The van der Waals surface area contributed by atoms with E-state index in [1.54, 1.807) is 13.1 Å². The van der Waals surface area contributed by atoms with E-state index in [0.717, 1.165) is 24.5 Å². The maximum Gasteiger partial charge on any atom is 0.134 e. The first-order chi connectivity index (χ1) is 8.08. The van der Waals surface area contributed by atoms with Crippen molar-refractivity contribution < 1.29 is 9.84 Å². The number of nitrogens with zero attached hydrogens (tertiary/aromatic N) is 2. The molecule has 2 rings (SSSR count). The van der Waals surface area contributed by atoms with Crippen molar-refractivity contribution in [2.24, 2.45) is 0 Å². The summed E-state index contributed by atoms with van der Waals surface area (Å²) < 4.78 is 5.71. The Bertz CT molecular complexity index is 371. The third kappa shape index (κ3) is 2.76. The van der Waals surface area contributed by atoms with Crippen molar-refractivity contribution in [1.29, 1.82) is 0 Å². The molecule has 0 aliphatic carbocycles. The Morgan fingerprint density at radius 1 is 1.41 bits per heavy atom. The zero-order valence-corrected chi connectivity index (χ0v) is 10.6. The lowest BCUT2D eigenvalue weighted by atomic mass is 10.1. The molecule has 4 heteroatoms. The standard InChI is InChI=1S/C13H20N2O2/c1-9-7-15(8-10(2)17-9)13-12(11(3)16)5-4-6-14-13/h4-6,9-11,16H,7-8H2,1-3H3. The van der Waals surface area contributed by atoms with Gasteiger partial charge in [-0.25, -0.2) is 4.98 Å². The van der Waals surface area contributed by atoms with E-state index in [2.05, 4.69) is 23.7 Å². The van der Waals surface area contributed by atoms with Crippen LogP contribution in [0.1, 0.15) is 32.4 Å². The molecule has 0 saturated carbocycles. The number of morpholine rings is 1. The number of aromatic nitrogens is 1. The Morgan fingerprint density at radius 2 is 2.06 bits per heavy atom. The highest BCUT2D eigenvalue weighted by Crippen LogP contribution is 2.26. The molecule has 17 heavy (non-hydrogen) atoms. The number of hydrogen-bond acceptors (Lipinski definition) is 4. The molecule has 1 aromatic heterocycles. The molecule has 0 radical (unpaired) electrons. The molecular formula is C13H20N2O2. The largest absolute Gasteiger partial charge is 0.389 e. The summed E-state index contributed by atoms with van der Waals surface area (Å²) in [7, 11) is 0. The SMILES string of the molecule is CC1CN(c2ncccc2C(C)O)CC(C)O1. The third-order valence-electron chi connectivity index (χ3n) is 2.99. The van der Waals surface area contributed by atoms with Crippen molar-refractivity contribution in [2.75, 3.05) is 18.0 Å². The Balaban J connectivity index is 2.27. The lowest BCUT2D eigenvalue weighted by molar-refractivity contribution is -0.00563. The molecule has 0 bridgehead atoms. The van der Waals surface area contributed by atoms with E-state index < -0.39 is 6.10 Å². The molecule has 2 heterocycles. The van der Waals surface area contributed by atoms with Gasteiger partial charge >= 0.3 is 0 Å². The van der Waals surface area contributed by atoms with Crippen LogP contribution in [0.15, 0.2) is 18.3 Å². The average Bonchev–Trinajstić information content (AvgIpc) is 2.27. The number of anilines is 1. The molecule has 1 N–H and O–H groups in total. The molecular weight excluding hydrogens is 216 g/mol. The summed E-state index contributed by atoms with van der Waals surface area (Å²) in [6.07, 6.45) is 1.67. The zero-order chi connectivity index (χ0) is 12.4. The van der Waals surface area contributed by atoms with Gasteiger partial charge < -0.3 is 14.7 Å². The van der Waals surface area contributed by atoms with E-state index >= 15 is 0 Å². The van der Waals surface area contributed by atoms with E-state index in [9.17, 15) is 5.11 Å². The molecule has 1 aromatic rings. The smallest absolute Gasteiger partial charge is 0.134 e. The maximum absolute atomic E-state index is 9.77. The summed E-state index contributed by atoms with van der Waals surface area (Å²) in [5.74, 6) is 0.879. The van der Waals surface area contributed by atoms with Crippen LogP contribution in [-0.4, -0.2) is 35.4 Å². The van der Waals surface area contributed by atoms with Gasteiger partial charge in [-0.05, 0) is 26.8 Å². The van der Waals surface area contributed by atoms with Crippen LogP contribution < -0.4 is 4.90 Å². The van der Waals surface area contributed by atoms with Gasteiger partial charge in [0, 0.05) is 24.8 Å². The normalized spacial score (nSPS) is 26.9. The van der Waals surface area contributed by atoms with Crippen LogP contribution in [0.25, 0.3) is 0 Å². The summed E-state index contributed by atoms with van der Waals surface area (Å²) >= 11 is 0. The number of pyridine rings is 1. The summed E-state index contributed by atoms with van der Waals surface area (Å²) in [6, 6.07) is 3.79. The van der Waals surface area contributed by atoms with E-state index in [4.69, 9.17) is 4.74 Å². The van der Waals surface area contributed by atoms with E-state index in [-0.39, 0.29) is 12.2 Å². The zero-order valence-electron chi connectivity index (χ0n) is 10.6. The Kier molecular flexibility index (Phi) is 3.64. The fourth-order valence-corrected chi connectivity index (χ4v) is 2.35. The van der Waals surface area contributed by atoms with Crippen LogP contribution in [-0.2, 0) is 4.74 Å². The van der Waals surface area contributed by atoms with Gasteiger partial charge in [-0.1, -0.05) is 6.07 Å². The number of aliphatic hydroxyl groups excluding tert-OH is 1. The van der Waals surface area contributed by atoms with Gasteiger partial charge in [-0.2, -0.15) is 0 Å².